The number of nitrogen functional groups attached to an aromatic ring is 1. The van der Waals surface area contributed by atoms with Crippen LogP contribution in [-0.2, 0) is 14.3 Å². The second-order valence-corrected chi connectivity index (χ2v) is 7.64. The number of methoxy groups -OCH3 is 1. The topological polar surface area (TPSA) is 112 Å². The van der Waals surface area contributed by atoms with Crippen molar-refractivity contribution in [3.8, 4) is 5.75 Å². The molecule has 0 saturated carbocycles. The molecule has 0 radical (unpaired) electrons. The maximum Gasteiger partial charge on any atom is 0.336 e. The Hall–Kier alpha value is -2.97. The molecule has 8 nitrogen and oxygen atoms in total. The summed E-state index contributed by atoms with van der Waals surface area (Å²) in [6.45, 7) is 6.76. The van der Waals surface area contributed by atoms with Gasteiger partial charge in [-0.25, -0.2) is 4.79 Å². The molecule has 0 spiro atoms. The Morgan fingerprint density at radius 2 is 2.03 bits per heavy atom. The molecule has 0 bridgehead atoms. The lowest BCUT2D eigenvalue weighted by molar-refractivity contribution is -0.139. The lowest BCUT2D eigenvalue weighted by Gasteiger charge is -2.42. The van der Waals surface area contributed by atoms with Crippen LogP contribution < -0.4 is 21.5 Å². The lowest BCUT2D eigenvalue weighted by Crippen LogP contribution is -2.43. The highest BCUT2D eigenvalue weighted by Gasteiger charge is 2.42. The molecule has 8 heteroatoms. The number of hydrogen-bond acceptors (Lipinski definition) is 8. The Kier molecular flexibility index (Phi) is 6.92. The lowest BCUT2D eigenvalue weighted by atomic mass is 9.77. The molecule has 2 unspecified atom stereocenters. The molecule has 1 aromatic carbocycles. The van der Waals surface area contributed by atoms with Crippen LogP contribution in [0.3, 0.4) is 0 Å². The van der Waals surface area contributed by atoms with Crippen LogP contribution in [-0.4, -0.2) is 51.0 Å². The third-order valence-corrected chi connectivity index (χ3v) is 5.50. The number of nitrogens with two attached hydrogens (primary N) is 2. The van der Waals surface area contributed by atoms with Gasteiger partial charge in [0.05, 0.1) is 12.7 Å². The van der Waals surface area contributed by atoms with Gasteiger partial charge in [0.15, 0.2) is 6.23 Å². The zero-order valence-corrected chi connectivity index (χ0v) is 18.8. The number of esters is 1. The zero-order chi connectivity index (χ0) is 22.7. The fourth-order valence-corrected chi connectivity index (χ4v) is 4.25. The van der Waals surface area contributed by atoms with Gasteiger partial charge in [0, 0.05) is 66.6 Å². The van der Waals surface area contributed by atoms with Crippen molar-refractivity contribution in [2.24, 2.45) is 5.73 Å². The van der Waals surface area contributed by atoms with Crippen molar-refractivity contribution in [3.05, 3.63) is 58.1 Å². The Bertz CT molecular complexity index is 951. The standard InChI is InChI=1S/C23H32N4O4/c1-6-30-22-20-19(16-8-7-15(25)11-17(16)29-5)18(23(28)31-10-9-24)14(3)26-21(20)13(2)12-27(22)4/h7-8,11-12,19,22,26H,6,9-10,24-25H2,1-5H3. The summed E-state index contributed by atoms with van der Waals surface area (Å²) in [7, 11) is 3.55. The van der Waals surface area contributed by atoms with E-state index in [1.807, 2.05) is 51.1 Å². The van der Waals surface area contributed by atoms with Crippen LogP contribution in [0.15, 0.2) is 52.5 Å². The predicted octanol–water partition coefficient (Wildman–Crippen LogP) is 2.21. The van der Waals surface area contributed by atoms with Crippen LogP contribution in [0.4, 0.5) is 5.69 Å². The minimum Gasteiger partial charge on any atom is -0.496 e. The van der Waals surface area contributed by atoms with E-state index in [4.69, 9.17) is 25.7 Å². The van der Waals surface area contributed by atoms with E-state index < -0.39 is 11.9 Å². The van der Waals surface area contributed by atoms with Gasteiger partial charge in [-0.05, 0) is 32.4 Å². The molecule has 0 saturated heterocycles. The van der Waals surface area contributed by atoms with E-state index in [1.165, 1.54) is 0 Å². The van der Waals surface area contributed by atoms with E-state index in [2.05, 4.69) is 5.32 Å². The number of nitrogens with zero attached hydrogens (tertiary/aromatic N) is 1. The van der Waals surface area contributed by atoms with Gasteiger partial charge < -0.3 is 35.9 Å². The van der Waals surface area contributed by atoms with Crippen LogP contribution >= 0.6 is 0 Å². The molecule has 168 valence electrons. The molecule has 0 fully saturated rings. The molecule has 1 aromatic rings. The average Bonchev–Trinajstić information content (AvgIpc) is 2.74. The number of allylic oxidation sites excluding steroid dienone is 2. The largest absolute Gasteiger partial charge is 0.496 e. The van der Waals surface area contributed by atoms with Crippen molar-refractivity contribution in [1.29, 1.82) is 0 Å². The highest BCUT2D eigenvalue weighted by molar-refractivity contribution is 5.93. The minimum atomic E-state index is -0.445. The SMILES string of the molecule is CCOC1C2=C(NC(C)=C(C(=O)OCCN)C2c2ccc(N)cc2OC)C(C)=CN1C. The van der Waals surface area contributed by atoms with Gasteiger partial charge >= 0.3 is 5.97 Å². The first-order valence-corrected chi connectivity index (χ1v) is 10.4. The van der Waals surface area contributed by atoms with E-state index in [1.54, 1.807) is 13.2 Å². The number of ether oxygens (including phenoxy) is 3. The fraction of sp³-hybridized carbons (Fsp3) is 0.435. The number of anilines is 1. The molecule has 5 N–H and O–H groups in total. The Morgan fingerprint density at radius 1 is 1.29 bits per heavy atom. The summed E-state index contributed by atoms with van der Waals surface area (Å²) in [5.74, 6) is -0.267. The van der Waals surface area contributed by atoms with Gasteiger partial charge in [0.2, 0.25) is 0 Å². The summed E-state index contributed by atoms with van der Waals surface area (Å²) in [6.07, 6.45) is 1.67. The van der Waals surface area contributed by atoms with Gasteiger partial charge in [-0.1, -0.05) is 6.07 Å². The Morgan fingerprint density at radius 3 is 2.68 bits per heavy atom. The van der Waals surface area contributed by atoms with E-state index in [0.717, 1.165) is 28.1 Å². The third kappa shape index (κ3) is 4.26. The quantitative estimate of drug-likeness (QED) is 0.448. The van der Waals surface area contributed by atoms with Gasteiger partial charge in [-0.15, -0.1) is 0 Å². The maximum absolute atomic E-state index is 13.2. The summed E-state index contributed by atoms with van der Waals surface area (Å²) in [6, 6.07) is 5.47. The number of carbonyl (C=O) groups is 1. The molecular formula is C23H32N4O4. The molecule has 2 heterocycles. The van der Waals surface area contributed by atoms with Crippen LogP contribution in [0.1, 0.15) is 32.3 Å². The van der Waals surface area contributed by atoms with Gasteiger partial charge in [0.25, 0.3) is 0 Å². The number of carbonyl (C=O) groups excluding carboxylic acids is 1. The van der Waals surface area contributed by atoms with Gasteiger partial charge in [-0.3, -0.25) is 0 Å². The molecule has 2 aliphatic heterocycles. The molecule has 2 aliphatic rings. The molecule has 31 heavy (non-hydrogen) atoms. The minimum absolute atomic E-state index is 0.140. The first-order valence-electron chi connectivity index (χ1n) is 10.4. The molecule has 0 aliphatic carbocycles. The van der Waals surface area contributed by atoms with Crippen LogP contribution in [0.5, 0.6) is 5.75 Å². The second-order valence-electron chi connectivity index (χ2n) is 7.64. The fourth-order valence-electron chi connectivity index (χ4n) is 4.25. The average molecular weight is 429 g/mol. The van der Waals surface area contributed by atoms with Crippen molar-refractivity contribution in [2.75, 3.05) is 39.6 Å². The van der Waals surface area contributed by atoms with E-state index >= 15 is 0 Å². The second kappa shape index (κ2) is 9.45. The smallest absolute Gasteiger partial charge is 0.336 e. The third-order valence-electron chi connectivity index (χ3n) is 5.50. The molecule has 2 atom stereocenters. The molecule has 3 rings (SSSR count). The number of likely N-dealkylation sites (N-methyl/N-ethyl adjacent to an activating group) is 1. The number of nitrogens with one attached hydrogen (secondary N) is 1. The Labute approximate surface area is 183 Å². The van der Waals surface area contributed by atoms with Crippen LogP contribution in [0.25, 0.3) is 0 Å². The molecular weight excluding hydrogens is 396 g/mol. The van der Waals surface area contributed by atoms with Crippen LogP contribution in [0, 0.1) is 0 Å². The zero-order valence-electron chi connectivity index (χ0n) is 18.8. The molecule has 0 amide bonds. The summed E-state index contributed by atoms with van der Waals surface area (Å²) in [5, 5.41) is 3.42. The summed E-state index contributed by atoms with van der Waals surface area (Å²) >= 11 is 0. The predicted molar refractivity (Wildman–Crippen MR) is 120 cm³/mol. The van der Waals surface area contributed by atoms with E-state index in [0.29, 0.717) is 23.6 Å². The van der Waals surface area contributed by atoms with Gasteiger partial charge in [-0.2, -0.15) is 0 Å². The summed E-state index contributed by atoms with van der Waals surface area (Å²) in [4.78, 5) is 15.2. The monoisotopic (exact) mass is 428 g/mol. The van der Waals surface area contributed by atoms with E-state index in [9.17, 15) is 4.79 Å². The normalized spacial score (nSPS) is 20.8. The highest BCUT2D eigenvalue weighted by Crippen LogP contribution is 2.47. The number of hydrogen-bond donors (Lipinski definition) is 3. The van der Waals surface area contributed by atoms with E-state index in [-0.39, 0.29) is 19.4 Å². The first-order chi connectivity index (χ1) is 14.8. The van der Waals surface area contributed by atoms with Crippen molar-refractivity contribution < 1.29 is 19.0 Å². The number of rotatable bonds is 7. The Balaban J connectivity index is 2.26. The molecule has 0 aromatic heterocycles. The number of benzene rings is 1. The summed E-state index contributed by atoms with van der Waals surface area (Å²) < 4.78 is 17.3. The maximum atomic E-state index is 13.2. The van der Waals surface area contributed by atoms with Gasteiger partial charge in [0.1, 0.15) is 12.4 Å². The van der Waals surface area contributed by atoms with Crippen molar-refractivity contribution in [1.82, 2.24) is 10.2 Å². The highest BCUT2D eigenvalue weighted by atomic mass is 16.5. The van der Waals surface area contributed by atoms with Crippen LogP contribution in [0.2, 0.25) is 0 Å². The summed E-state index contributed by atoms with van der Waals surface area (Å²) in [5.41, 5.74) is 17.1. The number of dihydropyridines is 1. The van der Waals surface area contributed by atoms with Crippen molar-refractivity contribution >= 4 is 11.7 Å². The van der Waals surface area contributed by atoms with Crippen molar-refractivity contribution in [2.45, 2.75) is 32.9 Å². The first kappa shape index (κ1) is 22.7. The van der Waals surface area contributed by atoms with Crippen molar-refractivity contribution in [3.63, 3.8) is 0 Å².